The van der Waals surface area contributed by atoms with Crippen molar-refractivity contribution in [1.82, 2.24) is 4.98 Å². The average molecular weight is 713 g/mol. The number of aryl methyl sites for hydroxylation is 1. The van der Waals surface area contributed by atoms with Crippen LogP contribution in [-0.4, -0.2) is 28.3 Å². The molecular weight excluding hydrogens is 661 g/mol. The van der Waals surface area contributed by atoms with E-state index >= 15 is 0 Å². The third-order valence-electron chi connectivity index (χ3n) is 10.3. The first-order chi connectivity index (χ1) is 26.0. The lowest BCUT2D eigenvalue weighted by atomic mass is 9.96. The van der Waals surface area contributed by atoms with E-state index in [1.807, 2.05) is 30.3 Å². The van der Waals surface area contributed by atoms with Gasteiger partial charge in [0.05, 0.1) is 17.2 Å². The number of rotatable bonds is 20. The number of aromatic nitrogens is 1. The van der Waals surface area contributed by atoms with Crippen molar-refractivity contribution in [2.45, 2.75) is 96.8 Å². The Balaban J connectivity index is 1.29. The number of aliphatic hydroxyl groups is 2. The van der Waals surface area contributed by atoms with Gasteiger partial charge in [-0.1, -0.05) is 151 Å². The Kier molecular flexibility index (Phi) is 13.3. The van der Waals surface area contributed by atoms with Gasteiger partial charge in [-0.2, -0.15) is 0 Å². The Morgan fingerprint density at radius 2 is 1.36 bits per heavy atom. The van der Waals surface area contributed by atoms with Crippen molar-refractivity contribution < 1.29 is 14.9 Å². The molecule has 0 amide bonds. The highest BCUT2D eigenvalue weighted by molar-refractivity contribution is 5.96. The van der Waals surface area contributed by atoms with Crippen LogP contribution in [0.5, 0.6) is 11.5 Å². The molecule has 4 aromatic carbocycles. The minimum atomic E-state index is -0.624. The first kappa shape index (κ1) is 37.7. The summed E-state index contributed by atoms with van der Waals surface area (Å²) in [6.45, 7) is 2.30. The van der Waals surface area contributed by atoms with Gasteiger partial charge in [0.2, 0.25) is 0 Å². The number of anilines is 1. The van der Waals surface area contributed by atoms with Crippen LogP contribution in [0.15, 0.2) is 94.5 Å². The molecule has 3 N–H and O–H groups in total. The average Bonchev–Trinajstić information content (AvgIpc) is 3.18. The van der Waals surface area contributed by atoms with Crippen LogP contribution in [0.1, 0.15) is 102 Å². The quantitative estimate of drug-likeness (QED) is 0.0677. The highest BCUT2D eigenvalue weighted by Crippen LogP contribution is 2.34. The van der Waals surface area contributed by atoms with E-state index in [2.05, 4.69) is 23.3 Å². The maximum absolute atomic E-state index is 14.2. The van der Waals surface area contributed by atoms with E-state index in [1.54, 1.807) is 48.5 Å². The molecule has 276 valence electrons. The molecule has 7 nitrogen and oxygen atoms in total. The van der Waals surface area contributed by atoms with Crippen molar-refractivity contribution >= 4 is 33.1 Å². The van der Waals surface area contributed by atoms with Gasteiger partial charge in [0.15, 0.2) is 11.2 Å². The van der Waals surface area contributed by atoms with Crippen LogP contribution in [-0.2, 0) is 6.42 Å². The zero-order valence-corrected chi connectivity index (χ0v) is 31.0. The van der Waals surface area contributed by atoms with Crippen molar-refractivity contribution in [3.63, 3.8) is 0 Å². The Morgan fingerprint density at radius 1 is 0.717 bits per heavy atom. The van der Waals surface area contributed by atoms with Crippen molar-refractivity contribution in [1.29, 1.82) is 0 Å². The van der Waals surface area contributed by atoms with Crippen LogP contribution in [0, 0.1) is 10.4 Å². The van der Waals surface area contributed by atoms with Crippen LogP contribution in [0.2, 0.25) is 0 Å². The van der Waals surface area contributed by atoms with Crippen LogP contribution >= 0.6 is 0 Å². The van der Waals surface area contributed by atoms with E-state index in [4.69, 9.17) is 4.74 Å². The molecule has 0 saturated carbocycles. The smallest absolute Gasteiger partial charge is 0.282 e. The molecule has 53 heavy (non-hydrogen) atoms. The fourth-order valence-corrected chi connectivity index (χ4v) is 7.54. The van der Waals surface area contributed by atoms with Crippen molar-refractivity contribution in [2.75, 3.05) is 18.5 Å². The van der Waals surface area contributed by atoms with Gasteiger partial charge in [-0.3, -0.25) is 9.59 Å². The van der Waals surface area contributed by atoms with Gasteiger partial charge in [-0.25, -0.2) is 4.98 Å². The first-order valence-corrected chi connectivity index (χ1v) is 19.6. The molecule has 0 fully saturated rings. The SMILES string of the molecule is CCCCCCCCCCCCCCCc1cccc(Oc2cc(NCCO)c3c4c2nc(=O)c(=C(O)c2ccccc2)c=4c2ccccc2c3=O)c1. The highest BCUT2D eigenvalue weighted by Gasteiger charge is 2.21. The number of ether oxygens (including phenoxy) is 1. The third kappa shape index (κ3) is 8.97. The molecule has 0 radical (unpaired) electrons. The van der Waals surface area contributed by atoms with E-state index < -0.39 is 5.56 Å². The number of aliphatic hydroxyl groups excluding tert-OH is 2. The van der Waals surface area contributed by atoms with Gasteiger partial charge in [-0.05, 0) is 35.9 Å². The second-order valence-electron chi connectivity index (χ2n) is 14.2. The summed E-state index contributed by atoms with van der Waals surface area (Å²) >= 11 is 0. The van der Waals surface area contributed by atoms with Gasteiger partial charge in [0.25, 0.3) is 5.56 Å². The van der Waals surface area contributed by atoms with Crippen molar-refractivity contribution in [3.8, 4) is 11.5 Å². The summed E-state index contributed by atoms with van der Waals surface area (Å²) in [6, 6.07) is 25.6. The van der Waals surface area contributed by atoms with Crippen LogP contribution in [0.25, 0.3) is 27.4 Å². The van der Waals surface area contributed by atoms with E-state index in [0.717, 1.165) is 18.4 Å². The van der Waals surface area contributed by atoms with E-state index in [1.165, 1.54) is 77.0 Å². The molecule has 1 aliphatic heterocycles. The molecule has 7 heteroatoms. The summed E-state index contributed by atoms with van der Waals surface area (Å²) in [5, 5.41) is 26.7. The molecule has 0 unspecified atom stereocenters. The van der Waals surface area contributed by atoms with Gasteiger partial charge >= 0.3 is 0 Å². The number of hydrogen-bond acceptors (Lipinski definition) is 7. The number of unbranched alkanes of at least 4 members (excludes halogenated alkanes) is 12. The lowest BCUT2D eigenvalue weighted by molar-refractivity contribution is 0.311. The summed E-state index contributed by atoms with van der Waals surface area (Å²) in [5.74, 6) is 0.687. The molecule has 2 aliphatic rings. The molecule has 0 saturated heterocycles. The molecule has 1 aliphatic carbocycles. The number of benzene rings is 4. The van der Waals surface area contributed by atoms with Gasteiger partial charge in [0.1, 0.15) is 17.0 Å². The topological polar surface area (TPSA) is 109 Å². The van der Waals surface area contributed by atoms with Gasteiger partial charge in [0, 0.05) is 39.7 Å². The minimum absolute atomic E-state index is 0.0231. The van der Waals surface area contributed by atoms with Crippen LogP contribution in [0.3, 0.4) is 0 Å². The molecule has 0 atom stereocenters. The molecule has 1 heterocycles. The Hall–Kier alpha value is -5.01. The lowest BCUT2D eigenvalue weighted by Crippen LogP contribution is -2.33. The van der Waals surface area contributed by atoms with E-state index in [9.17, 15) is 19.8 Å². The van der Waals surface area contributed by atoms with Crippen LogP contribution < -0.4 is 26.3 Å². The largest absolute Gasteiger partial charge is 0.506 e. The van der Waals surface area contributed by atoms with E-state index in [-0.39, 0.29) is 35.1 Å². The number of hydrogen-bond donors (Lipinski definition) is 3. The lowest BCUT2D eigenvalue weighted by Gasteiger charge is -2.16. The summed E-state index contributed by atoms with van der Waals surface area (Å²) < 4.78 is 6.53. The van der Waals surface area contributed by atoms with Gasteiger partial charge in [-0.15, -0.1) is 0 Å². The predicted octanol–water partition coefficient (Wildman–Crippen LogP) is 9.53. The summed E-state index contributed by atoms with van der Waals surface area (Å²) in [7, 11) is 0. The molecule has 0 spiro atoms. The third-order valence-corrected chi connectivity index (χ3v) is 10.3. The fraction of sp³-hybridized carbons (Fsp3) is 0.370. The van der Waals surface area contributed by atoms with E-state index in [0.29, 0.717) is 49.3 Å². The zero-order chi connectivity index (χ0) is 37.0. The Labute approximate surface area is 311 Å². The molecule has 0 aromatic heterocycles. The number of nitrogens with one attached hydrogen (secondary N) is 1. The molecular formula is C46H52N2O5. The summed E-state index contributed by atoms with van der Waals surface area (Å²) in [4.78, 5) is 32.7. The second kappa shape index (κ2) is 18.7. The molecule has 6 rings (SSSR count). The maximum atomic E-state index is 14.2. The fourth-order valence-electron chi connectivity index (χ4n) is 7.54. The number of nitrogens with zero attached hydrogens (tertiary/aromatic N) is 1. The summed E-state index contributed by atoms with van der Waals surface area (Å²) in [6.07, 6.45) is 18.0. The van der Waals surface area contributed by atoms with Crippen molar-refractivity contribution in [2.24, 2.45) is 0 Å². The van der Waals surface area contributed by atoms with Crippen LogP contribution in [0.4, 0.5) is 5.69 Å². The first-order valence-electron chi connectivity index (χ1n) is 19.6. The normalized spacial score (nSPS) is 12.2. The standard InChI is InChI=1S/C46H52N2O5/c1-2-3-4-5-6-7-8-9-10-11-12-13-15-21-32-22-20-25-34(30-32)53-38-31-37(47-28-29-49)40-41-39(35-26-18-19-27-36(35)45(40)51)42(46(52)48-43(38)41)44(50)33-23-16-14-17-24-33/h14,16-20,22-27,30-31,47,49-50H,2-13,15,21,28-29H2,1H3. The second-order valence-corrected chi connectivity index (χ2v) is 14.2. The number of fused-ring (bicyclic) bond motifs is 2. The maximum Gasteiger partial charge on any atom is 0.282 e. The Bertz CT molecular complexity index is 2340. The zero-order valence-electron chi connectivity index (χ0n) is 31.0. The minimum Gasteiger partial charge on any atom is -0.506 e. The van der Waals surface area contributed by atoms with Gasteiger partial charge < -0.3 is 20.3 Å². The Morgan fingerprint density at radius 3 is 2.04 bits per heavy atom. The predicted molar refractivity (Wildman–Crippen MR) is 217 cm³/mol. The van der Waals surface area contributed by atoms with Crippen molar-refractivity contribution in [3.05, 3.63) is 132 Å². The molecule has 4 aromatic rings. The highest BCUT2D eigenvalue weighted by atomic mass is 16.5. The summed E-state index contributed by atoms with van der Waals surface area (Å²) in [5.41, 5.74) is 1.46. The monoisotopic (exact) mass is 712 g/mol. The molecule has 0 bridgehead atoms.